The van der Waals surface area contributed by atoms with E-state index in [0.29, 0.717) is 5.56 Å². The minimum absolute atomic E-state index is 0. The largest absolute Gasteiger partial charge is 3.00 e. The summed E-state index contributed by atoms with van der Waals surface area (Å²) in [5.41, 5.74) is 10.1. The summed E-state index contributed by atoms with van der Waals surface area (Å²) >= 11 is 0. The first kappa shape index (κ1) is 34.1. The van der Waals surface area contributed by atoms with E-state index in [4.69, 9.17) is 0 Å². The fourth-order valence-corrected chi connectivity index (χ4v) is 4.17. The third kappa shape index (κ3) is 8.33. The van der Waals surface area contributed by atoms with E-state index in [2.05, 4.69) is 81.4 Å². The van der Waals surface area contributed by atoms with Crippen LogP contribution in [0.1, 0.15) is 69.2 Å². The summed E-state index contributed by atoms with van der Waals surface area (Å²) in [5.74, 6) is -0.251. The summed E-state index contributed by atoms with van der Waals surface area (Å²) in [6.07, 6.45) is 6.87. The summed E-state index contributed by atoms with van der Waals surface area (Å²) in [5, 5.41) is 9.52. The Hall–Kier alpha value is -1.87. The molecule has 0 aliphatic heterocycles. The number of allylic oxidation sites excluding steroid dienone is 8. The number of halogens is 2. The van der Waals surface area contributed by atoms with Crippen molar-refractivity contribution in [2.24, 2.45) is 10.8 Å². The first-order valence-corrected chi connectivity index (χ1v) is 11.8. The molecule has 191 valence electrons. The summed E-state index contributed by atoms with van der Waals surface area (Å²) in [4.78, 5) is 0. The van der Waals surface area contributed by atoms with Gasteiger partial charge in [0.05, 0.1) is 0 Å². The standard InChI is InChI=1S/C12H9FO.2C10H15.ClH.Ti/c13-10-6-7-12(14)11(8-10)9-4-2-1-3-5-9;2*1-7-6-10(4,5)9(3)8(7)2;;/h1-8,14H;2*1-5H3;1H;/q;2*-1;;+3/p-1. The molecule has 0 spiro atoms. The van der Waals surface area contributed by atoms with Crippen molar-refractivity contribution >= 4 is 0 Å². The molecule has 0 atom stereocenters. The molecule has 0 heterocycles. The van der Waals surface area contributed by atoms with E-state index in [1.165, 1.54) is 51.6 Å². The summed E-state index contributed by atoms with van der Waals surface area (Å²) < 4.78 is 12.9. The van der Waals surface area contributed by atoms with E-state index in [1.807, 2.05) is 30.3 Å². The number of rotatable bonds is 1. The SMILES string of the molecule is CC1=[C-]C(C)(C)C(C)=C1C.CC1=[C-]C(C)(C)C(C)=C1C.Oc1ccc(F)cc1-c1ccccc1.[Cl-].[Ti+3]. The van der Waals surface area contributed by atoms with Crippen LogP contribution in [0.3, 0.4) is 0 Å². The Morgan fingerprint density at radius 3 is 1.42 bits per heavy atom. The molecule has 0 saturated heterocycles. The van der Waals surface area contributed by atoms with Gasteiger partial charge in [-0.05, 0) is 23.8 Å². The van der Waals surface area contributed by atoms with Gasteiger partial charge in [0.25, 0.3) is 0 Å². The molecule has 1 N–H and O–H groups in total. The number of hydrogen-bond donors (Lipinski definition) is 1. The Morgan fingerprint density at radius 1 is 0.694 bits per heavy atom. The van der Waals surface area contributed by atoms with Crippen molar-refractivity contribution in [2.45, 2.75) is 69.2 Å². The van der Waals surface area contributed by atoms with Crippen molar-refractivity contribution in [3.63, 3.8) is 0 Å². The van der Waals surface area contributed by atoms with Crippen molar-refractivity contribution in [3.05, 3.63) is 99.9 Å². The Bertz CT molecular complexity index is 1120. The van der Waals surface area contributed by atoms with Gasteiger partial charge >= 0.3 is 21.7 Å². The van der Waals surface area contributed by atoms with Gasteiger partial charge in [0.2, 0.25) is 0 Å². The van der Waals surface area contributed by atoms with Crippen LogP contribution in [0.5, 0.6) is 5.75 Å². The Kier molecular flexibility index (Phi) is 12.9. The first-order chi connectivity index (χ1) is 15.7. The molecule has 0 saturated carbocycles. The van der Waals surface area contributed by atoms with E-state index < -0.39 is 0 Å². The summed E-state index contributed by atoms with van der Waals surface area (Å²) in [7, 11) is 0. The first-order valence-electron chi connectivity index (χ1n) is 11.8. The molecule has 1 radical (unpaired) electrons. The van der Waals surface area contributed by atoms with Crippen molar-refractivity contribution < 1.29 is 43.6 Å². The van der Waals surface area contributed by atoms with E-state index in [1.54, 1.807) is 0 Å². The van der Waals surface area contributed by atoms with Crippen LogP contribution in [0.15, 0.2) is 82.0 Å². The molecule has 4 heteroatoms. The predicted octanol–water partition coefficient (Wildman–Crippen LogP) is 6.42. The van der Waals surface area contributed by atoms with Gasteiger partial charge in [-0.25, -0.2) is 15.5 Å². The smallest absolute Gasteiger partial charge is 1.00 e. The predicted molar refractivity (Wildman–Crippen MR) is 143 cm³/mol. The maximum Gasteiger partial charge on any atom is 3.00 e. The van der Waals surface area contributed by atoms with Crippen LogP contribution in [0.2, 0.25) is 0 Å². The second-order valence-electron chi connectivity index (χ2n) is 10.3. The van der Waals surface area contributed by atoms with Crippen LogP contribution < -0.4 is 12.4 Å². The van der Waals surface area contributed by atoms with Gasteiger partial charge in [0.1, 0.15) is 11.6 Å². The minimum atomic E-state index is -0.346. The van der Waals surface area contributed by atoms with Crippen LogP contribution in [-0.2, 0) is 21.7 Å². The Labute approximate surface area is 239 Å². The van der Waals surface area contributed by atoms with E-state index in [0.717, 1.165) is 5.56 Å². The van der Waals surface area contributed by atoms with Crippen LogP contribution in [0, 0.1) is 28.8 Å². The van der Waals surface area contributed by atoms with Crippen molar-refractivity contribution in [3.8, 4) is 16.9 Å². The van der Waals surface area contributed by atoms with E-state index in [9.17, 15) is 9.50 Å². The summed E-state index contributed by atoms with van der Waals surface area (Å²) in [6.45, 7) is 21.8. The molecule has 2 aliphatic rings. The number of aromatic hydroxyl groups is 1. The second kappa shape index (κ2) is 13.6. The van der Waals surface area contributed by atoms with Gasteiger partial charge in [-0.3, -0.25) is 12.2 Å². The van der Waals surface area contributed by atoms with Crippen LogP contribution >= 0.6 is 0 Å². The fourth-order valence-electron chi connectivity index (χ4n) is 4.17. The Morgan fingerprint density at radius 2 is 1.11 bits per heavy atom. The van der Waals surface area contributed by atoms with Crippen LogP contribution in [0.25, 0.3) is 11.1 Å². The van der Waals surface area contributed by atoms with Gasteiger partial charge in [0, 0.05) is 5.56 Å². The maximum absolute atomic E-state index is 12.9. The average molecular weight is 542 g/mol. The van der Waals surface area contributed by atoms with Crippen LogP contribution in [0.4, 0.5) is 4.39 Å². The monoisotopic (exact) mass is 541 g/mol. The summed E-state index contributed by atoms with van der Waals surface area (Å²) in [6, 6.07) is 13.1. The van der Waals surface area contributed by atoms with Crippen LogP contribution in [-0.4, -0.2) is 5.11 Å². The van der Waals surface area contributed by atoms with E-state index in [-0.39, 0.29) is 56.5 Å². The number of benzene rings is 2. The fraction of sp³-hybridized carbons (Fsp3) is 0.375. The molecule has 0 aromatic heterocycles. The van der Waals surface area contributed by atoms with Gasteiger partial charge in [-0.2, -0.15) is 22.3 Å². The molecule has 36 heavy (non-hydrogen) atoms. The van der Waals surface area contributed by atoms with Gasteiger partial charge in [-0.1, -0.05) is 96.6 Å². The molecular formula is C32H39ClFOTi. The molecule has 0 bridgehead atoms. The number of phenolic OH excluding ortho intramolecular Hbond substituents is 1. The zero-order valence-corrected chi connectivity index (χ0v) is 25.6. The number of hydrogen-bond acceptors (Lipinski definition) is 1. The maximum atomic E-state index is 12.9. The van der Waals surface area contributed by atoms with Gasteiger partial charge in [0.15, 0.2) is 0 Å². The van der Waals surface area contributed by atoms with Gasteiger partial charge in [-0.15, -0.1) is 13.8 Å². The van der Waals surface area contributed by atoms with Gasteiger partial charge < -0.3 is 17.5 Å². The normalized spacial score (nSPS) is 17.0. The molecule has 0 unspecified atom stereocenters. The zero-order valence-electron chi connectivity index (χ0n) is 23.3. The third-order valence-corrected chi connectivity index (χ3v) is 7.17. The topological polar surface area (TPSA) is 20.2 Å². The minimum Gasteiger partial charge on any atom is -1.00 e. The molecule has 2 aromatic carbocycles. The molecule has 0 amide bonds. The molecule has 4 rings (SSSR count). The number of phenols is 1. The zero-order chi connectivity index (χ0) is 25.8. The third-order valence-electron chi connectivity index (χ3n) is 7.17. The molecule has 1 nitrogen and oxygen atoms in total. The molecule has 2 aliphatic carbocycles. The van der Waals surface area contributed by atoms with Crippen molar-refractivity contribution in [1.82, 2.24) is 0 Å². The molecule has 2 aromatic rings. The molecule has 0 fully saturated rings. The quantitative estimate of drug-likeness (QED) is 0.326. The molecular weight excluding hydrogens is 503 g/mol. The van der Waals surface area contributed by atoms with Crippen molar-refractivity contribution in [2.75, 3.05) is 0 Å². The average Bonchev–Trinajstić information content (AvgIpc) is 3.07. The Balaban J connectivity index is 0.000000508. The second-order valence-corrected chi connectivity index (χ2v) is 10.3. The van der Waals surface area contributed by atoms with Crippen molar-refractivity contribution in [1.29, 1.82) is 0 Å². The van der Waals surface area contributed by atoms with E-state index >= 15 is 0 Å².